The van der Waals surface area contributed by atoms with Crippen molar-refractivity contribution >= 4 is 0 Å². The smallest absolute Gasteiger partial charge is 0.161 e. The molecule has 1 aliphatic heterocycles. The Labute approximate surface area is 167 Å². The van der Waals surface area contributed by atoms with E-state index < -0.39 is 6.10 Å². The number of aliphatic hydroxyl groups is 1. The minimum Gasteiger partial charge on any atom is -0.493 e. The Kier molecular flexibility index (Phi) is 7.65. The molecule has 6 heteroatoms. The molecule has 28 heavy (non-hydrogen) atoms. The average molecular weight is 386 g/mol. The largest absolute Gasteiger partial charge is 0.493 e. The molecule has 0 aliphatic carbocycles. The molecule has 152 valence electrons. The third-order valence-corrected chi connectivity index (χ3v) is 4.95. The van der Waals surface area contributed by atoms with E-state index in [0.29, 0.717) is 18.0 Å². The van der Waals surface area contributed by atoms with Gasteiger partial charge in [-0.1, -0.05) is 12.1 Å². The fourth-order valence-electron chi connectivity index (χ4n) is 3.60. The SMILES string of the molecule is COc1cc(CN(C)Cc2cccnc2)ccc1OC[C@@H](O)CN1CCCC1. The van der Waals surface area contributed by atoms with Crippen molar-refractivity contribution in [2.45, 2.75) is 32.0 Å². The maximum atomic E-state index is 10.2. The van der Waals surface area contributed by atoms with Crippen molar-refractivity contribution < 1.29 is 14.6 Å². The van der Waals surface area contributed by atoms with Gasteiger partial charge in [-0.05, 0) is 62.3 Å². The minimum absolute atomic E-state index is 0.271. The molecule has 1 N–H and O–H groups in total. The van der Waals surface area contributed by atoms with Crippen LogP contribution >= 0.6 is 0 Å². The van der Waals surface area contributed by atoms with Gasteiger partial charge in [0.25, 0.3) is 0 Å². The second kappa shape index (κ2) is 10.4. The Hall–Kier alpha value is -2.15. The molecule has 1 aromatic carbocycles. The third-order valence-electron chi connectivity index (χ3n) is 4.95. The van der Waals surface area contributed by atoms with E-state index in [0.717, 1.165) is 31.7 Å². The first-order valence-corrected chi connectivity index (χ1v) is 9.91. The van der Waals surface area contributed by atoms with Gasteiger partial charge >= 0.3 is 0 Å². The number of pyridine rings is 1. The summed E-state index contributed by atoms with van der Waals surface area (Å²) < 4.78 is 11.3. The molecule has 0 spiro atoms. The molecule has 0 saturated carbocycles. The number of rotatable bonds is 10. The van der Waals surface area contributed by atoms with Gasteiger partial charge in [0.1, 0.15) is 12.7 Å². The first-order chi connectivity index (χ1) is 13.6. The maximum Gasteiger partial charge on any atom is 0.161 e. The van der Waals surface area contributed by atoms with Gasteiger partial charge in [0.15, 0.2) is 11.5 Å². The number of methoxy groups -OCH3 is 1. The van der Waals surface area contributed by atoms with Gasteiger partial charge in [0.2, 0.25) is 0 Å². The molecule has 0 amide bonds. The number of aliphatic hydroxyl groups excluding tert-OH is 1. The van der Waals surface area contributed by atoms with Gasteiger partial charge in [-0.3, -0.25) is 9.88 Å². The van der Waals surface area contributed by atoms with Gasteiger partial charge in [0, 0.05) is 32.0 Å². The zero-order valence-electron chi connectivity index (χ0n) is 16.9. The normalized spacial score (nSPS) is 15.7. The number of aromatic nitrogens is 1. The van der Waals surface area contributed by atoms with Crippen LogP contribution in [0.1, 0.15) is 24.0 Å². The lowest BCUT2D eigenvalue weighted by Gasteiger charge is -2.21. The number of benzene rings is 1. The maximum absolute atomic E-state index is 10.2. The van der Waals surface area contributed by atoms with Crippen molar-refractivity contribution in [2.75, 3.05) is 40.4 Å². The van der Waals surface area contributed by atoms with Crippen LogP contribution in [0.5, 0.6) is 11.5 Å². The van der Waals surface area contributed by atoms with E-state index in [1.54, 1.807) is 13.3 Å². The van der Waals surface area contributed by atoms with Crippen molar-refractivity contribution in [1.29, 1.82) is 0 Å². The summed E-state index contributed by atoms with van der Waals surface area (Å²) in [5.74, 6) is 1.36. The molecule has 1 atom stereocenters. The lowest BCUT2D eigenvalue weighted by molar-refractivity contribution is 0.0747. The Morgan fingerprint density at radius 3 is 2.64 bits per heavy atom. The van der Waals surface area contributed by atoms with Gasteiger partial charge in [-0.15, -0.1) is 0 Å². The summed E-state index contributed by atoms with van der Waals surface area (Å²) in [5.41, 5.74) is 2.33. The van der Waals surface area contributed by atoms with Crippen LogP contribution in [-0.4, -0.2) is 66.4 Å². The highest BCUT2D eigenvalue weighted by Gasteiger charge is 2.17. The summed E-state index contributed by atoms with van der Waals surface area (Å²) in [6, 6.07) is 10.0. The molecular weight excluding hydrogens is 354 g/mol. The molecule has 0 radical (unpaired) electrons. The van der Waals surface area contributed by atoms with Crippen molar-refractivity contribution in [3.63, 3.8) is 0 Å². The Morgan fingerprint density at radius 1 is 1.14 bits per heavy atom. The van der Waals surface area contributed by atoms with Crippen molar-refractivity contribution in [1.82, 2.24) is 14.8 Å². The van der Waals surface area contributed by atoms with Crippen LogP contribution in [0, 0.1) is 0 Å². The summed E-state index contributed by atoms with van der Waals surface area (Å²) in [7, 11) is 3.73. The summed E-state index contributed by atoms with van der Waals surface area (Å²) in [6.45, 7) is 4.70. The summed E-state index contributed by atoms with van der Waals surface area (Å²) in [6.07, 6.45) is 5.63. The lowest BCUT2D eigenvalue weighted by atomic mass is 10.1. The van der Waals surface area contributed by atoms with E-state index in [2.05, 4.69) is 27.9 Å². The predicted octanol–water partition coefficient (Wildman–Crippen LogP) is 2.56. The first-order valence-electron chi connectivity index (χ1n) is 9.91. The fourth-order valence-corrected chi connectivity index (χ4v) is 3.60. The fraction of sp³-hybridized carbons (Fsp3) is 0.500. The summed E-state index contributed by atoms with van der Waals surface area (Å²) in [4.78, 5) is 8.68. The molecule has 1 aliphatic rings. The van der Waals surface area contributed by atoms with Crippen molar-refractivity contribution in [2.24, 2.45) is 0 Å². The van der Waals surface area contributed by atoms with Gasteiger partial charge in [-0.2, -0.15) is 0 Å². The van der Waals surface area contributed by atoms with Crippen LogP contribution in [0.25, 0.3) is 0 Å². The topological polar surface area (TPSA) is 58.1 Å². The van der Waals surface area contributed by atoms with Crippen LogP contribution < -0.4 is 9.47 Å². The molecular formula is C22H31N3O3. The zero-order valence-corrected chi connectivity index (χ0v) is 16.9. The summed E-state index contributed by atoms with van der Waals surface area (Å²) >= 11 is 0. The second-order valence-electron chi connectivity index (χ2n) is 7.49. The lowest BCUT2D eigenvalue weighted by Crippen LogP contribution is -2.33. The van der Waals surface area contributed by atoms with Crippen LogP contribution in [0.15, 0.2) is 42.7 Å². The number of likely N-dealkylation sites (tertiary alicyclic amines) is 1. The number of nitrogens with zero attached hydrogens (tertiary/aromatic N) is 3. The molecule has 0 unspecified atom stereocenters. The second-order valence-corrected chi connectivity index (χ2v) is 7.49. The van der Waals surface area contributed by atoms with E-state index in [9.17, 15) is 5.11 Å². The summed E-state index contributed by atoms with van der Waals surface area (Å²) in [5, 5.41) is 10.2. The molecule has 2 aromatic rings. The highest BCUT2D eigenvalue weighted by Crippen LogP contribution is 2.29. The van der Waals surface area contributed by atoms with Crippen molar-refractivity contribution in [3.05, 3.63) is 53.9 Å². The zero-order chi connectivity index (χ0) is 19.8. The van der Waals surface area contributed by atoms with E-state index in [1.165, 1.54) is 18.4 Å². The first kappa shape index (κ1) is 20.6. The van der Waals surface area contributed by atoms with E-state index in [-0.39, 0.29) is 6.61 Å². The van der Waals surface area contributed by atoms with Gasteiger partial charge in [0.05, 0.1) is 7.11 Å². The van der Waals surface area contributed by atoms with E-state index in [4.69, 9.17) is 9.47 Å². The van der Waals surface area contributed by atoms with Gasteiger partial charge < -0.3 is 19.5 Å². The van der Waals surface area contributed by atoms with Crippen molar-refractivity contribution in [3.8, 4) is 11.5 Å². The monoisotopic (exact) mass is 385 g/mol. The number of ether oxygens (including phenoxy) is 2. The van der Waals surface area contributed by atoms with Crippen LogP contribution in [0.2, 0.25) is 0 Å². The van der Waals surface area contributed by atoms with Crippen LogP contribution in [0.4, 0.5) is 0 Å². The Bertz CT molecular complexity index is 720. The predicted molar refractivity (Wildman–Crippen MR) is 110 cm³/mol. The highest BCUT2D eigenvalue weighted by molar-refractivity contribution is 5.43. The molecule has 1 aromatic heterocycles. The van der Waals surface area contributed by atoms with Gasteiger partial charge in [-0.25, -0.2) is 0 Å². The molecule has 0 bridgehead atoms. The number of β-amino-alcohol motifs (C(OH)–C–C–N with tert-alkyl or cyclic N) is 1. The molecule has 6 nitrogen and oxygen atoms in total. The standard InChI is InChI=1S/C22H31N3O3/c1-24(15-19-6-5-9-23-13-19)14-18-7-8-21(22(12-18)27-2)28-17-20(26)16-25-10-3-4-11-25/h5-9,12-13,20,26H,3-4,10-11,14-17H2,1-2H3/t20-/m0/s1. The highest BCUT2D eigenvalue weighted by atomic mass is 16.5. The minimum atomic E-state index is -0.493. The quantitative estimate of drug-likeness (QED) is 0.678. The third kappa shape index (κ3) is 6.19. The van der Waals surface area contributed by atoms with Crippen LogP contribution in [0.3, 0.4) is 0 Å². The number of hydrogen-bond acceptors (Lipinski definition) is 6. The molecule has 3 rings (SSSR count). The Morgan fingerprint density at radius 2 is 1.93 bits per heavy atom. The molecule has 1 saturated heterocycles. The van der Waals surface area contributed by atoms with E-state index >= 15 is 0 Å². The number of hydrogen-bond donors (Lipinski definition) is 1. The molecule has 1 fully saturated rings. The van der Waals surface area contributed by atoms with E-state index in [1.807, 2.05) is 30.5 Å². The average Bonchev–Trinajstić information content (AvgIpc) is 3.20. The van der Waals surface area contributed by atoms with Crippen LogP contribution in [-0.2, 0) is 13.1 Å². The Balaban J connectivity index is 1.52. The molecule has 2 heterocycles.